The van der Waals surface area contributed by atoms with E-state index in [1.54, 1.807) is 0 Å². The number of carbonyl (C=O) groups excluding carboxylic acids is 1. The first-order chi connectivity index (χ1) is 7.65. The molecule has 86 valence electrons. The van der Waals surface area contributed by atoms with Crippen molar-refractivity contribution < 1.29 is 19.7 Å². The molecule has 0 aliphatic heterocycles. The average molecular weight is 222 g/mol. The first-order valence-electron chi connectivity index (χ1n) is 4.85. The summed E-state index contributed by atoms with van der Waals surface area (Å²) >= 11 is 0. The second-order valence-electron chi connectivity index (χ2n) is 3.33. The number of benzene rings is 1. The van der Waals surface area contributed by atoms with Crippen LogP contribution in [-0.4, -0.2) is 17.3 Å². The van der Waals surface area contributed by atoms with E-state index in [0.717, 1.165) is 5.56 Å². The highest BCUT2D eigenvalue weighted by atomic mass is 17.1. The summed E-state index contributed by atoms with van der Waals surface area (Å²) in [7, 11) is 0. The predicted octanol–water partition coefficient (Wildman–Crippen LogP) is 2.16. The van der Waals surface area contributed by atoms with Crippen molar-refractivity contribution in [1.29, 1.82) is 0 Å². The van der Waals surface area contributed by atoms with E-state index in [-0.39, 0.29) is 12.2 Å². The van der Waals surface area contributed by atoms with Gasteiger partial charge in [-0.2, -0.15) is 0 Å². The summed E-state index contributed by atoms with van der Waals surface area (Å²) in [4.78, 5) is 15.4. The van der Waals surface area contributed by atoms with Crippen LogP contribution in [0.3, 0.4) is 0 Å². The van der Waals surface area contributed by atoms with Crippen LogP contribution in [0.25, 0.3) is 0 Å². The zero-order valence-electron chi connectivity index (χ0n) is 9.05. The molecule has 0 amide bonds. The van der Waals surface area contributed by atoms with Gasteiger partial charge in [0, 0.05) is 0 Å². The first-order valence-corrected chi connectivity index (χ1v) is 4.85. The molecule has 1 N–H and O–H groups in total. The molecule has 0 aromatic heterocycles. The van der Waals surface area contributed by atoms with Crippen molar-refractivity contribution in [2.75, 3.05) is 0 Å². The Balaban J connectivity index is 2.44. The van der Waals surface area contributed by atoms with Crippen LogP contribution >= 0.6 is 0 Å². The monoisotopic (exact) mass is 222 g/mol. The van der Waals surface area contributed by atoms with Crippen molar-refractivity contribution in [2.45, 2.75) is 19.6 Å². The Morgan fingerprint density at radius 3 is 2.62 bits per heavy atom. The summed E-state index contributed by atoms with van der Waals surface area (Å²) in [6.45, 7) is 5.16. The summed E-state index contributed by atoms with van der Waals surface area (Å²) in [5, 5.41) is 8.37. The maximum atomic E-state index is 11.4. The third-order valence-corrected chi connectivity index (χ3v) is 2.12. The van der Waals surface area contributed by atoms with Gasteiger partial charge in [0.2, 0.25) is 0 Å². The lowest BCUT2D eigenvalue weighted by Gasteiger charge is -2.10. The zero-order chi connectivity index (χ0) is 12.0. The van der Waals surface area contributed by atoms with E-state index >= 15 is 0 Å². The van der Waals surface area contributed by atoms with E-state index in [2.05, 4.69) is 11.5 Å². The highest BCUT2D eigenvalue weighted by molar-refractivity contribution is 5.88. The van der Waals surface area contributed by atoms with Crippen molar-refractivity contribution in [3.63, 3.8) is 0 Å². The van der Waals surface area contributed by atoms with Crippen LogP contribution in [0.15, 0.2) is 42.5 Å². The number of rotatable bonds is 5. The highest BCUT2D eigenvalue weighted by Gasteiger charge is 2.16. The first kappa shape index (κ1) is 12.4. The van der Waals surface area contributed by atoms with E-state index in [4.69, 9.17) is 9.99 Å². The average Bonchev–Trinajstić information content (AvgIpc) is 2.35. The molecule has 0 spiro atoms. The fraction of sp³-hybridized carbons (Fsp3) is 0.250. The molecule has 0 fully saturated rings. The summed E-state index contributed by atoms with van der Waals surface area (Å²) < 4.78 is 4.98. The Morgan fingerprint density at radius 2 is 2.06 bits per heavy atom. The molecular weight excluding hydrogens is 208 g/mol. The molecule has 0 saturated carbocycles. The van der Waals surface area contributed by atoms with Gasteiger partial charge < -0.3 is 4.74 Å². The topological polar surface area (TPSA) is 55.8 Å². The Hall–Kier alpha value is -1.65. The van der Waals surface area contributed by atoms with Gasteiger partial charge in [-0.15, -0.1) is 0 Å². The van der Waals surface area contributed by atoms with Gasteiger partial charge >= 0.3 is 5.97 Å². The second-order valence-corrected chi connectivity index (χ2v) is 3.33. The minimum atomic E-state index is -0.761. The molecule has 1 rings (SSSR count). The number of hydrogen-bond acceptors (Lipinski definition) is 4. The molecule has 0 radical (unpaired) electrons. The quantitative estimate of drug-likeness (QED) is 0.359. The van der Waals surface area contributed by atoms with Gasteiger partial charge in [-0.25, -0.2) is 9.68 Å². The van der Waals surface area contributed by atoms with Crippen molar-refractivity contribution in [3.8, 4) is 0 Å². The predicted molar refractivity (Wildman–Crippen MR) is 58.6 cm³/mol. The molecule has 0 saturated heterocycles. The smallest absolute Gasteiger partial charge is 0.336 e. The standard InChI is InChI=1S/C12H14O4/c1-9(10(2)16-14)12(13)15-8-11-6-4-3-5-7-11/h3-7,10,14H,1,8H2,2H3. The molecule has 1 atom stereocenters. The Kier molecular flexibility index (Phi) is 4.69. The number of ether oxygens (including phenoxy) is 1. The van der Waals surface area contributed by atoms with Crippen LogP contribution in [0.5, 0.6) is 0 Å². The van der Waals surface area contributed by atoms with Gasteiger partial charge in [0.1, 0.15) is 12.7 Å². The van der Waals surface area contributed by atoms with Crippen molar-refractivity contribution in [1.82, 2.24) is 0 Å². The minimum Gasteiger partial charge on any atom is -0.457 e. The summed E-state index contributed by atoms with van der Waals surface area (Å²) in [5.41, 5.74) is 0.972. The Labute approximate surface area is 94.0 Å². The van der Waals surface area contributed by atoms with Crippen LogP contribution < -0.4 is 0 Å². The van der Waals surface area contributed by atoms with E-state index in [1.165, 1.54) is 6.92 Å². The van der Waals surface area contributed by atoms with Crippen LogP contribution in [-0.2, 0) is 21.0 Å². The normalized spacial score (nSPS) is 11.9. The molecule has 16 heavy (non-hydrogen) atoms. The Morgan fingerprint density at radius 1 is 1.44 bits per heavy atom. The van der Waals surface area contributed by atoms with Gasteiger partial charge in [-0.05, 0) is 12.5 Å². The molecule has 1 aromatic carbocycles. The maximum Gasteiger partial charge on any atom is 0.336 e. The summed E-state index contributed by atoms with van der Waals surface area (Å²) in [6.07, 6.45) is -0.761. The van der Waals surface area contributed by atoms with Gasteiger partial charge in [-0.3, -0.25) is 5.26 Å². The van der Waals surface area contributed by atoms with Crippen LogP contribution in [0.1, 0.15) is 12.5 Å². The number of hydrogen-bond donors (Lipinski definition) is 1. The summed E-state index contributed by atoms with van der Waals surface area (Å²) in [6, 6.07) is 9.30. The van der Waals surface area contributed by atoms with E-state index in [1.807, 2.05) is 30.3 Å². The van der Waals surface area contributed by atoms with E-state index < -0.39 is 12.1 Å². The number of carbonyl (C=O) groups is 1. The molecule has 1 unspecified atom stereocenters. The van der Waals surface area contributed by atoms with Crippen molar-refractivity contribution >= 4 is 5.97 Å². The van der Waals surface area contributed by atoms with Gasteiger partial charge in [0.25, 0.3) is 0 Å². The molecule has 0 aliphatic carbocycles. The minimum absolute atomic E-state index is 0.0819. The van der Waals surface area contributed by atoms with Crippen LogP contribution in [0.4, 0.5) is 0 Å². The fourth-order valence-corrected chi connectivity index (χ4v) is 1.05. The third-order valence-electron chi connectivity index (χ3n) is 2.12. The molecule has 1 aromatic rings. The lowest BCUT2D eigenvalue weighted by atomic mass is 10.2. The third kappa shape index (κ3) is 3.49. The Bertz CT molecular complexity index is 359. The summed E-state index contributed by atoms with van der Waals surface area (Å²) in [5.74, 6) is -0.578. The lowest BCUT2D eigenvalue weighted by Crippen LogP contribution is -2.18. The van der Waals surface area contributed by atoms with E-state index in [9.17, 15) is 4.79 Å². The maximum absolute atomic E-state index is 11.4. The number of esters is 1. The van der Waals surface area contributed by atoms with Crippen molar-refractivity contribution in [3.05, 3.63) is 48.0 Å². The molecular formula is C12H14O4. The largest absolute Gasteiger partial charge is 0.457 e. The zero-order valence-corrected chi connectivity index (χ0v) is 9.05. The van der Waals surface area contributed by atoms with Crippen LogP contribution in [0.2, 0.25) is 0 Å². The second kappa shape index (κ2) is 6.05. The molecule has 4 nitrogen and oxygen atoms in total. The molecule has 0 aliphatic rings. The fourth-order valence-electron chi connectivity index (χ4n) is 1.05. The van der Waals surface area contributed by atoms with Crippen LogP contribution in [0, 0.1) is 0 Å². The highest BCUT2D eigenvalue weighted by Crippen LogP contribution is 2.07. The van der Waals surface area contributed by atoms with Gasteiger partial charge in [0.05, 0.1) is 5.57 Å². The van der Waals surface area contributed by atoms with Gasteiger partial charge in [0.15, 0.2) is 0 Å². The van der Waals surface area contributed by atoms with Gasteiger partial charge in [-0.1, -0.05) is 36.9 Å². The van der Waals surface area contributed by atoms with E-state index in [0.29, 0.717) is 0 Å². The SMILES string of the molecule is C=C(C(=O)OCc1ccccc1)C(C)OO. The molecule has 0 heterocycles. The lowest BCUT2D eigenvalue weighted by molar-refractivity contribution is -0.264. The molecule has 4 heteroatoms. The van der Waals surface area contributed by atoms with Crippen molar-refractivity contribution in [2.24, 2.45) is 0 Å². The molecule has 0 bridgehead atoms.